The molecule has 1 aromatic carbocycles. The molecule has 0 amide bonds. The number of rotatable bonds is 6. The molecule has 2 aromatic heterocycles. The molecular weight excluding hydrogens is 347 g/mol. The summed E-state index contributed by atoms with van der Waals surface area (Å²) >= 11 is 0. The number of halogens is 3. The number of anilines is 1. The van der Waals surface area contributed by atoms with E-state index in [0.717, 1.165) is 17.7 Å². The summed E-state index contributed by atoms with van der Waals surface area (Å²) in [6, 6.07) is 10.6. The number of benzene rings is 1. The van der Waals surface area contributed by atoms with Crippen LogP contribution in [-0.2, 0) is 6.18 Å². The van der Waals surface area contributed by atoms with Crippen molar-refractivity contribution >= 4 is 11.5 Å². The molecule has 0 spiro atoms. The number of ether oxygens (including phenoxy) is 1. The number of aromatic nitrogens is 4. The molecule has 0 aliphatic rings. The number of alkyl halides is 3. The maximum atomic E-state index is 12.9. The third-order valence-electron chi connectivity index (χ3n) is 3.87. The zero-order valence-electron chi connectivity index (χ0n) is 14.3. The Morgan fingerprint density at radius 1 is 1.15 bits per heavy atom. The maximum Gasteiger partial charge on any atom is 0.453 e. The van der Waals surface area contributed by atoms with E-state index in [2.05, 4.69) is 20.6 Å². The summed E-state index contributed by atoms with van der Waals surface area (Å²) < 4.78 is 45.4. The van der Waals surface area contributed by atoms with Crippen LogP contribution in [0.3, 0.4) is 0 Å². The van der Waals surface area contributed by atoms with Crippen LogP contribution in [0, 0.1) is 6.92 Å². The van der Waals surface area contributed by atoms with Gasteiger partial charge in [-0.3, -0.25) is 0 Å². The van der Waals surface area contributed by atoms with Crippen molar-refractivity contribution in [2.24, 2.45) is 0 Å². The van der Waals surface area contributed by atoms with E-state index in [-0.39, 0.29) is 17.6 Å². The molecule has 0 bridgehead atoms. The van der Waals surface area contributed by atoms with Gasteiger partial charge in [-0.25, -0.2) is 0 Å². The second kappa shape index (κ2) is 7.19. The summed E-state index contributed by atoms with van der Waals surface area (Å²) in [5, 5.41) is 13.6. The summed E-state index contributed by atoms with van der Waals surface area (Å²) in [4.78, 5) is 0. The fraction of sp³-hybridized carbons (Fsp3) is 0.353. The Morgan fingerprint density at radius 3 is 2.62 bits per heavy atom. The van der Waals surface area contributed by atoms with Gasteiger partial charge in [0.2, 0.25) is 0 Å². The Kier molecular flexibility index (Phi) is 4.97. The molecule has 1 atom stereocenters. The average Bonchev–Trinajstić information content (AvgIpc) is 3.03. The van der Waals surface area contributed by atoms with E-state index in [4.69, 9.17) is 4.74 Å². The standard InChI is InChI=1S/C17H18F3N5O/c1-3-12(26-13-7-5-4-6-11(13)2)10-21-14-8-9-15-22-23-16(17(18,19)20)25(15)24-14/h4-9,12H,3,10H2,1-2H3,(H,21,24). The second-order valence-electron chi connectivity index (χ2n) is 5.80. The molecule has 0 aliphatic heterocycles. The number of nitrogens with zero attached hydrogens (tertiary/aromatic N) is 4. The molecule has 3 rings (SSSR count). The highest BCUT2D eigenvalue weighted by Crippen LogP contribution is 2.27. The molecule has 9 heteroatoms. The van der Waals surface area contributed by atoms with Gasteiger partial charge in [0.25, 0.3) is 5.82 Å². The monoisotopic (exact) mass is 365 g/mol. The van der Waals surface area contributed by atoms with Crippen LogP contribution in [-0.4, -0.2) is 32.5 Å². The predicted octanol–water partition coefficient (Wildman–Crippen LogP) is 3.72. The van der Waals surface area contributed by atoms with Crippen LogP contribution in [0.2, 0.25) is 0 Å². The van der Waals surface area contributed by atoms with E-state index < -0.39 is 12.0 Å². The van der Waals surface area contributed by atoms with E-state index >= 15 is 0 Å². The van der Waals surface area contributed by atoms with Gasteiger partial charge in [-0.15, -0.1) is 15.3 Å². The summed E-state index contributed by atoms with van der Waals surface area (Å²) in [6.07, 6.45) is -4.05. The first-order chi connectivity index (χ1) is 12.4. The minimum atomic E-state index is -4.62. The first-order valence-corrected chi connectivity index (χ1v) is 8.14. The van der Waals surface area contributed by atoms with Gasteiger partial charge in [0.15, 0.2) is 5.65 Å². The summed E-state index contributed by atoms with van der Waals surface area (Å²) in [5.74, 6) is -0.0864. The van der Waals surface area contributed by atoms with E-state index in [1.54, 1.807) is 6.07 Å². The largest absolute Gasteiger partial charge is 0.488 e. The molecule has 0 saturated heterocycles. The number of aryl methyl sites for hydroxylation is 1. The number of hydrogen-bond donors (Lipinski definition) is 1. The second-order valence-corrected chi connectivity index (χ2v) is 5.80. The van der Waals surface area contributed by atoms with Gasteiger partial charge >= 0.3 is 6.18 Å². The van der Waals surface area contributed by atoms with E-state index in [1.165, 1.54) is 6.07 Å². The third kappa shape index (κ3) is 3.87. The van der Waals surface area contributed by atoms with Crippen LogP contribution in [0.1, 0.15) is 24.7 Å². The van der Waals surface area contributed by atoms with Gasteiger partial charge in [0, 0.05) is 0 Å². The first-order valence-electron chi connectivity index (χ1n) is 8.14. The molecule has 0 fully saturated rings. The smallest absolute Gasteiger partial charge is 0.453 e. The number of hydrogen-bond acceptors (Lipinski definition) is 5. The van der Waals surface area contributed by atoms with Gasteiger partial charge in [0.1, 0.15) is 17.7 Å². The molecule has 1 N–H and O–H groups in total. The van der Waals surface area contributed by atoms with Crippen molar-refractivity contribution in [1.82, 2.24) is 19.8 Å². The lowest BCUT2D eigenvalue weighted by Gasteiger charge is -2.19. The molecule has 26 heavy (non-hydrogen) atoms. The van der Waals surface area contributed by atoms with Crippen molar-refractivity contribution in [3.05, 3.63) is 47.8 Å². The van der Waals surface area contributed by atoms with E-state index in [1.807, 2.05) is 38.1 Å². The fourth-order valence-corrected chi connectivity index (χ4v) is 2.42. The molecule has 138 valence electrons. The zero-order chi connectivity index (χ0) is 18.7. The Morgan fingerprint density at radius 2 is 1.92 bits per heavy atom. The van der Waals surface area contributed by atoms with Gasteiger partial charge in [-0.2, -0.15) is 17.7 Å². The highest BCUT2D eigenvalue weighted by molar-refractivity contribution is 5.44. The lowest BCUT2D eigenvalue weighted by Crippen LogP contribution is -2.26. The Balaban J connectivity index is 1.73. The van der Waals surface area contributed by atoms with E-state index in [9.17, 15) is 13.2 Å². The Bertz CT molecular complexity index is 893. The van der Waals surface area contributed by atoms with Crippen molar-refractivity contribution < 1.29 is 17.9 Å². The van der Waals surface area contributed by atoms with Crippen molar-refractivity contribution in [2.75, 3.05) is 11.9 Å². The molecule has 2 heterocycles. The zero-order valence-corrected chi connectivity index (χ0v) is 14.3. The van der Waals surface area contributed by atoms with Crippen LogP contribution < -0.4 is 10.1 Å². The molecule has 1 unspecified atom stereocenters. The van der Waals surface area contributed by atoms with Crippen LogP contribution in [0.15, 0.2) is 36.4 Å². The third-order valence-corrected chi connectivity index (χ3v) is 3.87. The summed E-state index contributed by atoms with van der Waals surface area (Å²) in [5.41, 5.74) is 1.05. The maximum absolute atomic E-state index is 12.9. The van der Waals surface area contributed by atoms with Gasteiger partial charge in [-0.05, 0) is 37.1 Å². The Hall–Kier alpha value is -2.84. The van der Waals surface area contributed by atoms with Crippen LogP contribution in [0.4, 0.5) is 19.0 Å². The molecular formula is C17H18F3N5O. The van der Waals surface area contributed by atoms with E-state index in [0.29, 0.717) is 11.1 Å². The first kappa shape index (κ1) is 18.0. The topological polar surface area (TPSA) is 64.3 Å². The highest BCUT2D eigenvalue weighted by atomic mass is 19.4. The number of fused-ring (bicyclic) bond motifs is 1. The summed E-state index contributed by atoms with van der Waals surface area (Å²) in [6.45, 7) is 4.32. The molecule has 6 nitrogen and oxygen atoms in total. The lowest BCUT2D eigenvalue weighted by molar-refractivity contribution is -0.146. The minimum Gasteiger partial charge on any atom is -0.488 e. The fourth-order valence-electron chi connectivity index (χ4n) is 2.42. The van der Waals surface area contributed by atoms with Crippen molar-refractivity contribution in [3.63, 3.8) is 0 Å². The van der Waals surface area contributed by atoms with Crippen molar-refractivity contribution in [1.29, 1.82) is 0 Å². The normalized spacial score (nSPS) is 13.0. The van der Waals surface area contributed by atoms with Crippen LogP contribution in [0.5, 0.6) is 5.75 Å². The minimum absolute atomic E-state index is 0.0334. The summed E-state index contributed by atoms with van der Waals surface area (Å²) in [7, 11) is 0. The highest BCUT2D eigenvalue weighted by Gasteiger charge is 2.37. The van der Waals surface area contributed by atoms with Gasteiger partial charge < -0.3 is 10.1 Å². The quantitative estimate of drug-likeness (QED) is 0.721. The molecule has 0 saturated carbocycles. The molecule has 0 radical (unpaired) electrons. The van der Waals surface area contributed by atoms with Gasteiger partial charge in [0.05, 0.1) is 6.54 Å². The lowest BCUT2D eigenvalue weighted by atomic mass is 10.2. The average molecular weight is 365 g/mol. The molecule has 3 aromatic rings. The van der Waals surface area contributed by atoms with Crippen LogP contribution in [0.25, 0.3) is 5.65 Å². The van der Waals surface area contributed by atoms with Gasteiger partial charge in [-0.1, -0.05) is 25.1 Å². The number of para-hydroxylation sites is 1. The Labute approximate surface area is 148 Å². The van der Waals surface area contributed by atoms with Crippen molar-refractivity contribution in [2.45, 2.75) is 32.5 Å². The van der Waals surface area contributed by atoms with Crippen LogP contribution >= 0.6 is 0 Å². The molecule has 0 aliphatic carbocycles. The SMILES string of the molecule is CCC(CNc1ccc2nnc(C(F)(F)F)n2n1)Oc1ccccc1C. The van der Waals surface area contributed by atoms with Crippen molar-refractivity contribution in [3.8, 4) is 5.75 Å². The predicted molar refractivity (Wildman–Crippen MR) is 90.2 cm³/mol. The number of nitrogens with one attached hydrogen (secondary N) is 1.